The minimum Gasteiger partial charge on any atom is -0.323 e. The molecule has 17 heavy (non-hydrogen) atoms. The molecule has 0 aliphatic rings. The van der Waals surface area contributed by atoms with Crippen molar-refractivity contribution in [1.29, 1.82) is 0 Å². The number of aromatic nitrogens is 3. The number of pyridine rings is 1. The molecule has 1 unspecified atom stereocenters. The van der Waals surface area contributed by atoms with Crippen LogP contribution in [0.25, 0.3) is 0 Å². The topological polar surface area (TPSA) is 56.7 Å². The van der Waals surface area contributed by atoms with Gasteiger partial charge in [0.15, 0.2) is 0 Å². The lowest BCUT2D eigenvalue weighted by molar-refractivity contribution is 0.579. The molecule has 2 heterocycles. The largest absolute Gasteiger partial charge is 0.323 e. The van der Waals surface area contributed by atoms with E-state index in [1.807, 2.05) is 23.9 Å². The molecule has 0 radical (unpaired) electrons. The van der Waals surface area contributed by atoms with Crippen LogP contribution in [0.1, 0.15) is 23.7 Å². The van der Waals surface area contributed by atoms with E-state index in [2.05, 4.69) is 26.0 Å². The van der Waals surface area contributed by atoms with Crippen molar-refractivity contribution in [2.24, 2.45) is 12.8 Å². The minimum absolute atomic E-state index is 0.00922. The SMILES string of the molecule is Cn1ncc(Br)c1C(N)CCc1ccncc1. The van der Waals surface area contributed by atoms with Crippen molar-refractivity contribution >= 4 is 15.9 Å². The summed E-state index contributed by atoms with van der Waals surface area (Å²) in [5.41, 5.74) is 8.48. The van der Waals surface area contributed by atoms with Gasteiger partial charge >= 0.3 is 0 Å². The molecule has 2 rings (SSSR count). The van der Waals surface area contributed by atoms with Gasteiger partial charge in [0.2, 0.25) is 0 Å². The molecule has 1 atom stereocenters. The van der Waals surface area contributed by atoms with Gasteiger partial charge < -0.3 is 5.73 Å². The molecule has 0 saturated carbocycles. The smallest absolute Gasteiger partial charge is 0.0690 e. The summed E-state index contributed by atoms with van der Waals surface area (Å²) in [6.45, 7) is 0. The number of hydrogen-bond acceptors (Lipinski definition) is 3. The van der Waals surface area contributed by atoms with Crippen molar-refractivity contribution in [2.75, 3.05) is 0 Å². The summed E-state index contributed by atoms with van der Waals surface area (Å²) in [6.07, 6.45) is 7.23. The Morgan fingerprint density at radius 2 is 2.12 bits per heavy atom. The van der Waals surface area contributed by atoms with Crippen LogP contribution in [0, 0.1) is 0 Å². The third kappa shape index (κ3) is 2.92. The average Bonchev–Trinajstić information content (AvgIpc) is 2.67. The first-order chi connectivity index (χ1) is 8.18. The second kappa shape index (κ2) is 5.42. The van der Waals surface area contributed by atoms with E-state index in [1.165, 1.54) is 5.56 Å². The third-order valence-electron chi connectivity index (χ3n) is 2.78. The number of nitrogens with zero attached hydrogens (tertiary/aromatic N) is 3. The zero-order valence-electron chi connectivity index (χ0n) is 9.68. The molecule has 0 fully saturated rings. The van der Waals surface area contributed by atoms with Crippen LogP contribution in [0.4, 0.5) is 0 Å². The summed E-state index contributed by atoms with van der Waals surface area (Å²) in [7, 11) is 1.91. The van der Waals surface area contributed by atoms with E-state index in [0.717, 1.165) is 23.0 Å². The molecule has 0 amide bonds. The zero-order valence-corrected chi connectivity index (χ0v) is 11.3. The highest BCUT2D eigenvalue weighted by atomic mass is 79.9. The van der Waals surface area contributed by atoms with Crippen LogP contribution in [-0.4, -0.2) is 14.8 Å². The van der Waals surface area contributed by atoms with Crippen LogP contribution < -0.4 is 5.73 Å². The molecule has 2 aromatic rings. The number of aryl methyl sites for hydroxylation is 2. The highest BCUT2D eigenvalue weighted by Gasteiger charge is 2.14. The van der Waals surface area contributed by atoms with Crippen LogP contribution >= 0.6 is 15.9 Å². The van der Waals surface area contributed by atoms with Gasteiger partial charge in [-0.05, 0) is 46.5 Å². The standard InChI is InChI=1S/C12H15BrN4/c1-17-12(10(13)8-16-17)11(14)3-2-9-4-6-15-7-5-9/h4-8,11H,2-3,14H2,1H3. The van der Waals surface area contributed by atoms with Crippen LogP contribution in [0.2, 0.25) is 0 Å². The monoisotopic (exact) mass is 294 g/mol. The first-order valence-corrected chi connectivity index (χ1v) is 6.29. The first kappa shape index (κ1) is 12.3. The van der Waals surface area contributed by atoms with Gasteiger partial charge in [-0.25, -0.2) is 0 Å². The average molecular weight is 295 g/mol. The number of nitrogens with two attached hydrogens (primary N) is 1. The van der Waals surface area contributed by atoms with Crippen molar-refractivity contribution in [3.63, 3.8) is 0 Å². The molecule has 2 aromatic heterocycles. The molecule has 4 nitrogen and oxygen atoms in total. The lowest BCUT2D eigenvalue weighted by atomic mass is 10.0. The number of hydrogen-bond donors (Lipinski definition) is 1. The van der Waals surface area contributed by atoms with Gasteiger partial charge in [-0.15, -0.1) is 0 Å². The highest BCUT2D eigenvalue weighted by Crippen LogP contribution is 2.24. The normalized spacial score (nSPS) is 12.6. The van der Waals surface area contributed by atoms with Gasteiger partial charge in [0.25, 0.3) is 0 Å². The highest BCUT2D eigenvalue weighted by molar-refractivity contribution is 9.10. The van der Waals surface area contributed by atoms with Gasteiger partial charge in [0, 0.05) is 25.5 Å². The Bertz CT molecular complexity index is 461. The summed E-state index contributed by atoms with van der Waals surface area (Å²) in [4.78, 5) is 4.00. The molecular formula is C12H15BrN4. The molecule has 0 aromatic carbocycles. The molecule has 0 spiro atoms. The third-order valence-corrected chi connectivity index (χ3v) is 3.39. The molecule has 0 aliphatic heterocycles. The summed E-state index contributed by atoms with van der Waals surface area (Å²) in [5, 5.41) is 4.17. The molecule has 0 aliphatic carbocycles. The van der Waals surface area contributed by atoms with E-state index in [4.69, 9.17) is 5.73 Å². The van der Waals surface area contributed by atoms with Crippen molar-refractivity contribution in [3.8, 4) is 0 Å². The van der Waals surface area contributed by atoms with E-state index in [1.54, 1.807) is 18.6 Å². The zero-order chi connectivity index (χ0) is 12.3. The number of rotatable bonds is 4. The van der Waals surface area contributed by atoms with Crippen molar-refractivity contribution in [1.82, 2.24) is 14.8 Å². The van der Waals surface area contributed by atoms with E-state index >= 15 is 0 Å². The lowest BCUT2D eigenvalue weighted by Crippen LogP contribution is -2.16. The maximum Gasteiger partial charge on any atom is 0.0690 e. The van der Waals surface area contributed by atoms with E-state index in [-0.39, 0.29) is 6.04 Å². The van der Waals surface area contributed by atoms with Crippen molar-refractivity contribution < 1.29 is 0 Å². The van der Waals surface area contributed by atoms with Crippen molar-refractivity contribution in [2.45, 2.75) is 18.9 Å². The maximum atomic E-state index is 6.18. The predicted molar refractivity (Wildman–Crippen MR) is 70.4 cm³/mol. The Hall–Kier alpha value is -1.20. The van der Waals surface area contributed by atoms with Crippen LogP contribution in [0.5, 0.6) is 0 Å². The fraction of sp³-hybridized carbons (Fsp3) is 0.333. The van der Waals surface area contributed by atoms with E-state index < -0.39 is 0 Å². The van der Waals surface area contributed by atoms with E-state index in [9.17, 15) is 0 Å². The first-order valence-electron chi connectivity index (χ1n) is 5.50. The molecule has 2 N–H and O–H groups in total. The quantitative estimate of drug-likeness (QED) is 0.941. The Balaban J connectivity index is 2.01. The minimum atomic E-state index is -0.00922. The van der Waals surface area contributed by atoms with Gasteiger partial charge in [-0.1, -0.05) is 0 Å². The Morgan fingerprint density at radius 1 is 1.41 bits per heavy atom. The molecule has 0 saturated heterocycles. The van der Waals surface area contributed by atoms with Crippen molar-refractivity contribution in [3.05, 3.63) is 46.5 Å². The Morgan fingerprint density at radius 3 is 2.71 bits per heavy atom. The summed E-state index contributed by atoms with van der Waals surface area (Å²) in [5.74, 6) is 0. The Labute approximate surface area is 109 Å². The van der Waals surface area contributed by atoms with Gasteiger partial charge in [-0.2, -0.15) is 5.10 Å². The van der Waals surface area contributed by atoms with E-state index in [0.29, 0.717) is 0 Å². The molecule has 90 valence electrons. The Kier molecular flexibility index (Phi) is 3.91. The lowest BCUT2D eigenvalue weighted by Gasteiger charge is -2.12. The fourth-order valence-corrected chi connectivity index (χ4v) is 2.49. The summed E-state index contributed by atoms with van der Waals surface area (Å²) < 4.78 is 2.80. The van der Waals surface area contributed by atoms with Gasteiger partial charge in [0.05, 0.1) is 16.4 Å². The van der Waals surface area contributed by atoms with Crippen LogP contribution in [0.3, 0.4) is 0 Å². The fourth-order valence-electron chi connectivity index (χ4n) is 1.85. The number of halogens is 1. The summed E-state index contributed by atoms with van der Waals surface area (Å²) in [6, 6.07) is 4.03. The van der Waals surface area contributed by atoms with Gasteiger partial charge in [0.1, 0.15) is 0 Å². The summed E-state index contributed by atoms with van der Waals surface area (Å²) >= 11 is 3.47. The molecular weight excluding hydrogens is 280 g/mol. The predicted octanol–water partition coefficient (Wildman–Crippen LogP) is 2.21. The molecule has 0 bridgehead atoms. The van der Waals surface area contributed by atoms with Crippen LogP contribution in [-0.2, 0) is 13.5 Å². The van der Waals surface area contributed by atoms with Gasteiger partial charge in [-0.3, -0.25) is 9.67 Å². The second-order valence-electron chi connectivity index (χ2n) is 4.00. The molecule has 5 heteroatoms. The second-order valence-corrected chi connectivity index (χ2v) is 4.86. The van der Waals surface area contributed by atoms with Crippen LogP contribution in [0.15, 0.2) is 35.2 Å². The maximum absolute atomic E-state index is 6.18.